The molecule has 1 unspecified atom stereocenters. The first-order valence-electron chi connectivity index (χ1n) is 5.82. The number of nitrogens with zero attached hydrogens (tertiary/aromatic N) is 2. The molecule has 0 aromatic carbocycles. The summed E-state index contributed by atoms with van der Waals surface area (Å²) in [4.78, 5) is 0. The molecule has 1 aromatic rings. The Balaban J connectivity index is 2.13. The number of rotatable bonds is 4. The first-order chi connectivity index (χ1) is 8.13. The molecule has 0 spiro atoms. The Labute approximate surface area is 101 Å². The minimum atomic E-state index is -3.10. The van der Waals surface area contributed by atoms with Crippen molar-refractivity contribution in [1.82, 2.24) is 15.5 Å². The van der Waals surface area contributed by atoms with Gasteiger partial charge in [-0.1, -0.05) is 6.42 Å². The van der Waals surface area contributed by atoms with Crippen molar-refractivity contribution in [2.24, 2.45) is 0 Å². The molecular formula is C10H17N3O3S. The standard InChI is InChI=1S/C10H17N3O3S/c1-11-6-5-9-12-13-10(16-9)8-4-2-3-7-17(8,14)15/h8,11H,2-7H2,1H3. The Morgan fingerprint density at radius 1 is 1.41 bits per heavy atom. The van der Waals surface area contributed by atoms with Gasteiger partial charge in [-0.2, -0.15) is 0 Å². The van der Waals surface area contributed by atoms with E-state index < -0.39 is 15.1 Å². The Bertz CT molecular complexity index is 469. The third kappa shape index (κ3) is 2.84. The van der Waals surface area contributed by atoms with Gasteiger partial charge in [0, 0.05) is 13.0 Å². The maximum Gasteiger partial charge on any atom is 0.234 e. The number of aromatic nitrogens is 2. The van der Waals surface area contributed by atoms with Crippen LogP contribution >= 0.6 is 0 Å². The number of hydrogen-bond donors (Lipinski definition) is 1. The molecule has 1 aliphatic heterocycles. The van der Waals surface area contributed by atoms with Crippen molar-refractivity contribution in [1.29, 1.82) is 0 Å². The van der Waals surface area contributed by atoms with E-state index in [-0.39, 0.29) is 11.6 Å². The van der Waals surface area contributed by atoms with Crippen LogP contribution in [0.3, 0.4) is 0 Å². The van der Waals surface area contributed by atoms with Gasteiger partial charge in [0.15, 0.2) is 9.84 Å². The summed E-state index contributed by atoms with van der Waals surface area (Å²) in [5.41, 5.74) is 0. The summed E-state index contributed by atoms with van der Waals surface area (Å²) in [6, 6.07) is 0. The molecule has 2 heterocycles. The molecule has 17 heavy (non-hydrogen) atoms. The van der Waals surface area contributed by atoms with E-state index in [2.05, 4.69) is 15.5 Å². The molecular weight excluding hydrogens is 242 g/mol. The zero-order chi connectivity index (χ0) is 12.3. The fourth-order valence-corrected chi connectivity index (χ4v) is 3.78. The normalized spacial score (nSPS) is 23.7. The summed E-state index contributed by atoms with van der Waals surface area (Å²) in [5.74, 6) is 0.984. The summed E-state index contributed by atoms with van der Waals surface area (Å²) >= 11 is 0. The van der Waals surface area contributed by atoms with Crippen LogP contribution in [-0.2, 0) is 16.3 Å². The molecule has 1 atom stereocenters. The van der Waals surface area contributed by atoms with Crippen molar-refractivity contribution in [3.63, 3.8) is 0 Å². The summed E-state index contributed by atoms with van der Waals surface area (Å²) in [5, 5.41) is 10.1. The second kappa shape index (κ2) is 5.14. The van der Waals surface area contributed by atoms with Crippen LogP contribution in [0.4, 0.5) is 0 Å². The summed E-state index contributed by atoms with van der Waals surface area (Å²) in [7, 11) is -1.26. The van der Waals surface area contributed by atoms with E-state index in [1.807, 2.05) is 7.05 Å². The number of sulfone groups is 1. The van der Waals surface area contributed by atoms with Crippen molar-refractivity contribution >= 4 is 9.84 Å². The largest absolute Gasteiger partial charge is 0.424 e. The number of likely N-dealkylation sites (N-methyl/N-ethyl adjacent to an activating group) is 1. The van der Waals surface area contributed by atoms with Gasteiger partial charge in [-0.25, -0.2) is 8.42 Å². The lowest BCUT2D eigenvalue weighted by atomic mass is 10.2. The first kappa shape index (κ1) is 12.5. The second-order valence-corrected chi connectivity index (χ2v) is 6.54. The molecule has 1 saturated heterocycles. The molecule has 1 fully saturated rings. The summed E-state index contributed by atoms with van der Waals surface area (Å²) in [6.07, 6.45) is 2.85. The highest BCUT2D eigenvalue weighted by atomic mass is 32.2. The molecule has 1 aromatic heterocycles. The van der Waals surface area contributed by atoms with E-state index in [1.54, 1.807) is 0 Å². The fraction of sp³-hybridized carbons (Fsp3) is 0.800. The van der Waals surface area contributed by atoms with Crippen LogP contribution in [0.15, 0.2) is 4.42 Å². The van der Waals surface area contributed by atoms with E-state index in [4.69, 9.17) is 4.42 Å². The van der Waals surface area contributed by atoms with Crippen molar-refractivity contribution in [3.8, 4) is 0 Å². The third-order valence-electron chi connectivity index (χ3n) is 2.93. The topological polar surface area (TPSA) is 85.1 Å². The van der Waals surface area contributed by atoms with Crippen molar-refractivity contribution in [2.75, 3.05) is 19.3 Å². The lowest BCUT2D eigenvalue weighted by Crippen LogP contribution is -2.21. The summed E-state index contributed by atoms with van der Waals surface area (Å²) in [6.45, 7) is 0.735. The van der Waals surface area contributed by atoms with Gasteiger partial charge in [0.25, 0.3) is 0 Å². The van der Waals surface area contributed by atoms with Gasteiger partial charge >= 0.3 is 0 Å². The summed E-state index contributed by atoms with van der Waals surface area (Å²) < 4.78 is 29.2. The van der Waals surface area contributed by atoms with E-state index >= 15 is 0 Å². The van der Waals surface area contributed by atoms with Gasteiger partial charge in [0.05, 0.1) is 5.75 Å². The van der Waals surface area contributed by atoms with Crippen LogP contribution in [0.25, 0.3) is 0 Å². The van der Waals surface area contributed by atoms with Crippen molar-refractivity contribution in [2.45, 2.75) is 30.9 Å². The molecule has 7 heteroatoms. The first-order valence-corrected chi connectivity index (χ1v) is 7.53. The highest BCUT2D eigenvalue weighted by molar-refractivity contribution is 7.91. The third-order valence-corrected chi connectivity index (χ3v) is 5.09. The molecule has 0 aliphatic carbocycles. The molecule has 1 aliphatic rings. The molecule has 1 N–H and O–H groups in total. The average Bonchev–Trinajstić information content (AvgIpc) is 2.74. The zero-order valence-corrected chi connectivity index (χ0v) is 10.7. The zero-order valence-electron chi connectivity index (χ0n) is 9.85. The molecule has 0 amide bonds. The molecule has 2 rings (SSSR count). The quantitative estimate of drug-likeness (QED) is 0.846. The molecule has 96 valence electrons. The van der Waals surface area contributed by atoms with Crippen molar-refractivity contribution < 1.29 is 12.8 Å². The Hall–Kier alpha value is -0.950. The minimum absolute atomic E-state index is 0.228. The highest BCUT2D eigenvalue weighted by Gasteiger charge is 2.34. The smallest absolute Gasteiger partial charge is 0.234 e. The van der Waals surface area contributed by atoms with E-state index in [0.717, 1.165) is 19.4 Å². The van der Waals surface area contributed by atoms with E-state index in [9.17, 15) is 8.42 Å². The van der Waals surface area contributed by atoms with Gasteiger partial charge in [-0.05, 0) is 19.9 Å². The monoisotopic (exact) mass is 259 g/mol. The Kier molecular flexibility index (Phi) is 3.78. The van der Waals surface area contributed by atoms with Crippen LogP contribution < -0.4 is 5.32 Å². The van der Waals surface area contributed by atoms with E-state index in [0.29, 0.717) is 18.7 Å². The van der Waals surface area contributed by atoms with Gasteiger partial charge in [-0.15, -0.1) is 10.2 Å². The van der Waals surface area contributed by atoms with Crippen molar-refractivity contribution in [3.05, 3.63) is 11.8 Å². The molecule has 6 nitrogen and oxygen atoms in total. The second-order valence-electron chi connectivity index (χ2n) is 4.24. The van der Waals surface area contributed by atoms with Crippen LogP contribution in [0.2, 0.25) is 0 Å². The molecule has 0 saturated carbocycles. The lowest BCUT2D eigenvalue weighted by molar-refractivity contribution is 0.421. The van der Waals surface area contributed by atoms with Gasteiger partial charge in [-0.3, -0.25) is 0 Å². The average molecular weight is 259 g/mol. The van der Waals surface area contributed by atoms with Crippen LogP contribution in [0.1, 0.15) is 36.3 Å². The predicted octanol–water partition coefficient (Wildman–Crippen LogP) is 0.471. The maximum atomic E-state index is 11.9. The number of hydrogen-bond acceptors (Lipinski definition) is 6. The maximum absolute atomic E-state index is 11.9. The van der Waals surface area contributed by atoms with Crippen LogP contribution in [0, 0.1) is 0 Å². The van der Waals surface area contributed by atoms with Gasteiger partial charge < -0.3 is 9.73 Å². The number of nitrogens with one attached hydrogen (secondary N) is 1. The van der Waals surface area contributed by atoms with E-state index in [1.165, 1.54) is 0 Å². The minimum Gasteiger partial charge on any atom is -0.424 e. The highest BCUT2D eigenvalue weighted by Crippen LogP contribution is 2.32. The molecule has 0 bridgehead atoms. The van der Waals surface area contributed by atoms with Gasteiger partial charge in [0.1, 0.15) is 5.25 Å². The molecule has 0 radical (unpaired) electrons. The lowest BCUT2D eigenvalue weighted by Gasteiger charge is -2.18. The predicted molar refractivity (Wildman–Crippen MR) is 62.3 cm³/mol. The fourth-order valence-electron chi connectivity index (χ4n) is 1.96. The Morgan fingerprint density at radius 3 is 2.94 bits per heavy atom. The van der Waals surface area contributed by atoms with Crippen LogP contribution in [0.5, 0.6) is 0 Å². The van der Waals surface area contributed by atoms with Crippen LogP contribution in [-0.4, -0.2) is 38.0 Å². The SMILES string of the molecule is CNCCc1nnc(C2CCCCS2(=O)=O)o1. The van der Waals surface area contributed by atoms with Gasteiger partial charge in [0.2, 0.25) is 11.8 Å². The Morgan fingerprint density at radius 2 is 2.24 bits per heavy atom.